The van der Waals surface area contributed by atoms with Crippen LogP contribution in [0.4, 0.5) is 15.9 Å². The van der Waals surface area contributed by atoms with Gasteiger partial charge in [0.05, 0.1) is 5.69 Å². The zero-order valence-corrected chi connectivity index (χ0v) is 21.2. The van der Waals surface area contributed by atoms with Gasteiger partial charge < -0.3 is 15.5 Å². The number of benzene rings is 1. The van der Waals surface area contributed by atoms with Crippen molar-refractivity contribution in [2.24, 2.45) is 0 Å². The van der Waals surface area contributed by atoms with Gasteiger partial charge in [-0.3, -0.25) is 5.32 Å². The number of carbonyl (C=O) groups excluding carboxylic acids is 1. The first-order valence-corrected chi connectivity index (χ1v) is 12.6. The van der Waals surface area contributed by atoms with E-state index in [1.54, 1.807) is 12.4 Å². The van der Waals surface area contributed by atoms with Crippen molar-refractivity contribution in [3.05, 3.63) is 63.3 Å². The molecule has 8 nitrogen and oxygen atoms in total. The molecule has 33 heavy (non-hydrogen) atoms. The van der Waals surface area contributed by atoms with Crippen molar-refractivity contribution in [2.75, 3.05) is 36.4 Å². The Balaban J connectivity index is 1.30. The second-order valence-corrected chi connectivity index (χ2v) is 10.2. The minimum absolute atomic E-state index is 0.268. The van der Waals surface area contributed by atoms with Crippen LogP contribution in [0.25, 0.3) is 0 Å². The second kappa shape index (κ2) is 10.6. The number of urea groups is 1. The van der Waals surface area contributed by atoms with Gasteiger partial charge in [-0.1, -0.05) is 41.9 Å². The Morgan fingerprint density at radius 3 is 2.70 bits per heavy atom. The zero-order chi connectivity index (χ0) is 23.3. The SMILES string of the molecule is CC(C)(c1ccc(Br)cc1)c1csc(NC(=O)NCc2cnc(N3CCCNCC3)nc2)n1. The van der Waals surface area contributed by atoms with E-state index in [9.17, 15) is 4.79 Å². The average molecular weight is 530 g/mol. The number of hydrogen-bond donors (Lipinski definition) is 3. The van der Waals surface area contributed by atoms with Crippen LogP contribution in [-0.2, 0) is 12.0 Å². The van der Waals surface area contributed by atoms with Crippen LogP contribution in [0.5, 0.6) is 0 Å². The van der Waals surface area contributed by atoms with Crippen LogP contribution in [0.3, 0.4) is 0 Å². The summed E-state index contributed by atoms with van der Waals surface area (Å²) in [6, 6.07) is 7.91. The number of thiazole rings is 1. The van der Waals surface area contributed by atoms with Gasteiger partial charge in [0.2, 0.25) is 5.95 Å². The van der Waals surface area contributed by atoms with Crippen molar-refractivity contribution >= 4 is 44.4 Å². The quantitative estimate of drug-likeness (QED) is 0.444. The molecule has 0 spiro atoms. The monoisotopic (exact) mass is 529 g/mol. The van der Waals surface area contributed by atoms with Crippen LogP contribution in [0.15, 0.2) is 46.5 Å². The molecule has 3 aromatic rings. The number of nitrogens with zero attached hydrogens (tertiary/aromatic N) is 4. The lowest BCUT2D eigenvalue weighted by Gasteiger charge is -2.23. The largest absolute Gasteiger partial charge is 0.340 e. The highest BCUT2D eigenvalue weighted by Gasteiger charge is 2.26. The topological polar surface area (TPSA) is 95.1 Å². The molecule has 2 aromatic heterocycles. The van der Waals surface area contributed by atoms with Gasteiger partial charge in [0, 0.05) is 59.4 Å². The normalized spacial score (nSPS) is 14.6. The van der Waals surface area contributed by atoms with Crippen LogP contribution in [0.2, 0.25) is 0 Å². The minimum atomic E-state index is -0.306. The highest BCUT2D eigenvalue weighted by atomic mass is 79.9. The summed E-state index contributed by atoms with van der Waals surface area (Å²) >= 11 is 4.89. The van der Waals surface area contributed by atoms with Crippen LogP contribution >= 0.6 is 27.3 Å². The first-order valence-electron chi connectivity index (χ1n) is 11.0. The standard InChI is InChI=1S/C23H28BrN7OS/c1-23(2,17-4-6-18(24)7-5-17)19-15-33-22(29-19)30-21(32)28-14-16-12-26-20(27-13-16)31-10-3-8-25-9-11-31/h4-7,12-13,15,25H,3,8-11,14H2,1-2H3,(H2,28,29,30,32). The third-order valence-electron chi connectivity index (χ3n) is 5.70. The molecule has 3 heterocycles. The third kappa shape index (κ3) is 6.07. The van der Waals surface area contributed by atoms with Gasteiger partial charge >= 0.3 is 6.03 Å². The highest BCUT2D eigenvalue weighted by Crippen LogP contribution is 2.34. The fraction of sp³-hybridized carbons (Fsp3) is 0.391. The summed E-state index contributed by atoms with van der Waals surface area (Å²) in [4.78, 5) is 28.2. The molecule has 10 heteroatoms. The van der Waals surface area contributed by atoms with Crippen LogP contribution in [0, 0.1) is 0 Å². The van der Waals surface area contributed by atoms with Crippen LogP contribution < -0.4 is 20.9 Å². The molecule has 1 aliphatic heterocycles. The molecule has 0 bridgehead atoms. The lowest BCUT2D eigenvalue weighted by atomic mass is 9.82. The van der Waals surface area contributed by atoms with E-state index < -0.39 is 0 Å². The zero-order valence-electron chi connectivity index (χ0n) is 18.8. The van der Waals surface area contributed by atoms with E-state index >= 15 is 0 Å². The number of amides is 2. The average Bonchev–Trinajstić information content (AvgIpc) is 3.12. The third-order valence-corrected chi connectivity index (χ3v) is 6.98. The summed E-state index contributed by atoms with van der Waals surface area (Å²) in [6.45, 7) is 8.40. The Bertz CT molecular complexity index is 1060. The molecule has 1 aliphatic rings. The van der Waals surface area contributed by atoms with Gasteiger partial charge in [-0.05, 0) is 30.7 Å². The van der Waals surface area contributed by atoms with Crippen molar-refractivity contribution in [3.8, 4) is 0 Å². The van der Waals surface area contributed by atoms with Gasteiger partial charge in [-0.15, -0.1) is 11.3 Å². The molecule has 0 atom stereocenters. The van der Waals surface area contributed by atoms with Crippen LogP contribution in [-0.4, -0.2) is 47.2 Å². The summed E-state index contributed by atoms with van der Waals surface area (Å²) in [5, 5.41) is 11.6. The van der Waals surface area contributed by atoms with Gasteiger partial charge in [-0.25, -0.2) is 19.7 Å². The van der Waals surface area contributed by atoms with E-state index in [4.69, 9.17) is 0 Å². The van der Waals surface area contributed by atoms with Gasteiger partial charge in [0.15, 0.2) is 5.13 Å². The van der Waals surface area contributed by atoms with Crippen molar-refractivity contribution in [1.82, 2.24) is 25.6 Å². The summed E-state index contributed by atoms with van der Waals surface area (Å²) in [5.41, 5.74) is 2.65. The number of nitrogens with one attached hydrogen (secondary N) is 3. The molecule has 2 amide bonds. The van der Waals surface area contributed by atoms with E-state index in [0.717, 1.165) is 59.8 Å². The van der Waals surface area contributed by atoms with Crippen molar-refractivity contribution in [3.63, 3.8) is 0 Å². The molecule has 3 N–H and O–H groups in total. The Hall–Kier alpha value is -2.56. The molecular weight excluding hydrogens is 502 g/mol. The maximum atomic E-state index is 12.4. The first kappa shape index (κ1) is 23.6. The fourth-order valence-electron chi connectivity index (χ4n) is 3.60. The Morgan fingerprint density at radius 2 is 1.94 bits per heavy atom. The lowest BCUT2D eigenvalue weighted by Crippen LogP contribution is -2.30. The lowest BCUT2D eigenvalue weighted by molar-refractivity contribution is 0.251. The highest BCUT2D eigenvalue weighted by molar-refractivity contribution is 9.10. The molecule has 0 radical (unpaired) electrons. The molecular formula is C23H28BrN7OS. The van der Waals surface area contributed by atoms with E-state index in [0.29, 0.717) is 11.7 Å². The first-order chi connectivity index (χ1) is 15.9. The molecule has 4 rings (SSSR count). The molecule has 1 fully saturated rings. The molecule has 1 saturated heterocycles. The molecule has 0 unspecified atom stereocenters. The molecule has 1 aromatic carbocycles. The number of carbonyl (C=O) groups is 1. The van der Waals surface area contributed by atoms with Gasteiger partial charge in [-0.2, -0.15) is 0 Å². The van der Waals surface area contributed by atoms with Crippen LogP contribution in [0.1, 0.15) is 37.1 Å². The maximum Gasteiger partial charge on any atom is 0.321 e. The number of hydrogen-bond acceptors (Lipinski definition) is 7. The molecule has 0 saturated carbocycles. The van der Waals surface area contributed by atoms with E-state index in [1.165, 1.54) is 11.3 Å². The predicted molar refractivity (Wildman–Crippen MR) is 136 cm³/mol. The summed E-state index contributed by atoms with van der Waals surface area (Å²) in [7, 11) is 0. The summed E-state index contributed by atoms with van der Waals surface area (Å²) < 4.78 is 1.04. The van der Waals surface area contributed by atoms with Gasteiger partial charge in [0.25, 0.3) is 0 Å². The number of aromatic nitrogens is 3. The van der Waals surface area contributed by atoms with E-state index in [-0.39, 0.29) is 11.4 Å². The van der Waals surface area contributed by atoms with Crippen molar-refractivity contribution in [1.29, 1.82) is 0 Å². The summed E-state index contributed by atoms with van der Waals surface area (Å²) in [5.74, 6) is 0.732. The number of anilines is 2. The summed E-state index contributed by atoms with van der Waals surface area (Å²) in [6.07, 6.45) is 4.61. The van der Waals surface area contributed by atoms with E-state index in [1.807, 2.05) is 17.5 Å². The number of rotatable bonds is 6. The molecule has 0 aliphatic carbocycles. The van der Waals surface area contributed by atoms with E-state index in [2.05, 4.69) is 77.7 Å². The predicted octanol–water partition coefficient (Wildman–Crippen LogP) is 4.14. The Kier molecular flexibility index (Phi) is 7.56. The Morgan fingerprint density at radius 1 is 1.18 bits per heavy atom. The maximum absolute atomic E-state index is 12.4. The Labute approximate surface area is 206 Å². The molecule has 174 valence electrons. The van der Waals surface area contributed by atoms with Crippen molar-refractivity contribution < 1.29 is 4.79 Å². The smallest absolute Gasteiger partial charge is 0.321 e. The number of halogens is 1. The second-order valence-electron chi connectivity index (χ2n) is 8.46. The fourth-order valence-corrected chi connectivity index (χ4v) is 4.74. The van der Waals surface area contributed by atoms with Crippen molar-refractivity contribution in [2.45, 2.75) is 32.2 Å². The minimum Gasteiger partial charge on any atom is -0.340 e. The van der Waals surface area contributed by atoms with Gasteiger partial charge in [0.1, 0.15) is 0 Å².